The molecule has 2 aliphatic heterocycles. The van der Waals surface area contributed by atoms with Gasteiger partial charge in [-0.3, -0.25) is 23.7 Å². The summed E-state index contributed by atoms with van der Waals surface area (Å²) >= 11 is 1.90. The number of halogens is 3. The molecule has 0 bridgehead atoms. The Morgan fingerprint density at radius 3 is 2.33 bits per heavy atom. The van der Waals surface area contributed by atoms with Crippen LogP contribution in [0.4, 0.5) is 30.2 Å². The van der Waals surface area contributed by atoms with Crippen LogP contribution in [-0.4, -0.2) is 41.6 Å². The molecule has 0 saturated carbocycles. The van der Waals surface area contributed by atoms with Crippen molar-refractivity contribution in [1.29, 1.82) is 0 Å². The Balaban J connectivity index is 1.42. The summed E-state index contributed by atoms with van der Waals surface area (Å²) in [6.45, 7) is 1.56. The number of aromatic nitrogens is 1. The minimum absolute atomic E-state index is 0.171. The van der Waals surface area contributed by atoms with Gasteiger partial charge < -0.3 is 10.2 Å². The van der Waals surface area contributed by atoms with E-state index in [9.17, 15) is 32.3 Å². The van der Waals surface area contributed by atoms with Crippen LogP contribution >= 0.6 is 23.1 Å². The number of hydrogen-bond donors (Lipinski definition) is 1. The molecule has 232 valence electrons. The highest BCUT2D eigenvalue weighted by Gasteiger charge is 2.57. The summed E-state index contributed by atoms with van der Waals surface area (Å²) in [5.41, 5.74) is 1.91. The summed E-state index contributed by atoms with van der Waals surface area (Å²) < 4.78 is 41.9. The van der Waals surface area contributed by atoms with Gasteiger partial charge in [-0.2, -0.15) is 13.2 Å². The van der Waals surface area contributed by atoms with E-state index in [1.54, 1.807) is 18.2 Å². The van der Waals surface area contributed by atoms with Crippen LogP contribution in [0.2, 0.25) is 0 Å². The van der Waals surface area contributed by atoms with Crippen molar-refractivity contribution in [3.8, 4) is 0 Å². The van der Waals surface area contributed by atoms with Crippen LogP contribution < -0.4 is 20.0 Å². The molecular weight excluding hydrogens is 626 g/mol. The van der Waals surface area contributed by atoms with Crippen LogP contribution in [0.25, 0.3) is 0 Å². The van der Waals surface area contributed by atoms with E-state index in [0.29, 0.717) is 21.2 Å². The highest BCUT2D eigenvalue weighted by atomic mass is 32.2. The van der Waals surface area contributed by atoms with Gasteiger partial charge in [0.25, 0.3) is 0 Å². The van der Waals surface area contributed by atoms with Crippen LogP contribution in [0.5, 0.6) is 0 Å². The van der Waals surface area contributed by atoms with Gasteiger partial charge in [-0.1, -0.05) is 53.4 Å². The number of imide groups is 1. The molecule has 13 heteroatoms. The maximum Gasteiger partial charge on any atom is 0.416 e. The number of aryl methyl sites for hydroxylation is 1. The smallest absolute Gasteiger partial charge is 0.378 e. The summed E-state index contributed by atoms with van der Waals surface area (Å²) in [4.78, 5) is 57.2. The van der Waals surface area contributed by atoms with Crippen molar-refractivity contribution < 1.29 is 27.6 Å². The van der Waals surface area contributed by atoms with E-state index in [-0.39, 0.29) is 12.2 Å². The average molecular weight is 653 g/mol. The minimum atomic E-state index is -4.67. The van der Waals surface area contributed by atoms with Crippen molar-refractivity contribution in [2.24, 2.45) is 5.92 Å². The third-order valence-electron chi connectivity index (χ3n) is 7.85. The largest absolute Gasteiger partial charge is 0.416 e. The maximum atomic E-state index is 14.0. The summed E-state index contributed by atoms with van der Waals surface area (Å²) in [7, 11) is 3.75. The van der Waals surface area contributed by atoms with E-state index in [1.165, 1.54) is 10.6 Å². The molecule has 0 aliphatic carbocycles. The number of carbonyl (C=O) groups excluding carboxylic acids is 3. The number of anilines is 3. The van der Waals surface area contributed by atoms with Crippen molar-refractivity contribution in [3.63, 3.8) is 0 Å². The quantitative estimate of drug-likeness (QED) is 0.268. The second-order valence-electron chi connectivity index (χ2n) is 11.1. The Labute approximate surface area is 264 Å². The second-order valence-corrected chi connectivity index (χ2v) is 13.3. The van der Waals surface area contributed by atoms with Crippen molar-refractivity contribution in [1.82, 2.24) is 4.57 Å². The predicted octanol–water partition coefficient (Wildman–Crippen LogP) is 5.74. The number of nitrogens with one attached hydrogen (secondary N) is 1. The lowest BCUT2D eigenvalue weighted by molar-refractivity contribution is -0.137. The molecule has 1 saturated heterocycles. The normalized spacial score (nSPS) is 19.3. The minimum Gasteiger partial charge on any atom is -0.378 e. The number of benzene rings is 3. The number of carbonyl (C=O) groups is 3. The average Bonchev–Trinajstić information content (AvgIpc) is 3.43. The number of nitrogens with zero attached hydrogens (tertiary/aromatic N) is 3. The third kappa shape index (κ3) is 5.66. The summed E-state index contributed by atoms with van der Waals surface area (Å²) in [6, 6.07) is 18.7. The highest BCUT2D eigenvalue weighted by Crippen LogP contribution is 2.54. The molecule has 6 rings (SSSR count). The molecule has 1 N–H and O–H groups in total. The molecule has 45 heavy (non-hydrogen) atoms. The first-order valence-corrected chi connectivity index (χ1v) is 15.6. The number of alkyl halides is 3. The molecule has 3 aromatic carbocycles. The van der Waals surface area contributed by atoms with Crippen LogP contribution in [0, 0.1) is 12.8 Å². The number of hydrogen-bond acceptors (Lipinski definition) is 7. The lowest BCUT2D eigenvalue weighted by Gasteiger charge is -2.31. The summed E-state index contributed by atoms with van der Waals surface area (Å²) in [6.07, 6.45) is -4.67. The predicted molar refractivity (Wildman–Crippen MR) is 168 cm³/mol. The van der Waals surface area contributed by atoms with Gasteiger partial charge in [0.1, 0.15) is 11.8 Å². The molecule has 0 unspecified atom stereocenters. The lowest BCUT2D eigenvalue weighted by atomic mass is 9.83. The Morgan fingerprint density at radius 1 is 0.956 bits per heavy atom. The summed E-state index contributed by atoms with van der Waals surface area (Å²) in [5.74, 6) is -3.49. The SMILES string of the molecule is Cc1cccc(NC(=O)Cn2c3c(sc2=O)[C@@H](c2ccc(N(C)C)cc2)[C@@H]2C(=O)N(c4cccc(C(F)(F)F)c4)C(=O)[C@@H]2S3)c1. The van der Waals surface area contributed by atoms with E-state index < -0.39 is 51.4 Å². The first-order valence-electron chi connectivity index (χ1n) is 13.9. The number of fused-ring (bicyclic) bond motifs is 2. The fourth-order valence-electron chi connectivity index (χ4n) is 5.74. The molecule has 3 heterocycles. The third-order valence-corrected chi connectivity index (χ3v) is 10.5. The van der Waals surface area contributed by atoms with E-state index in [0.717, 1.165) is 57.4 Å². The van der Waals surface area contributed by atoms with E-state index in [4.69, 9.17) is 0 Å². The van der Waals surface area contributed by atoms with Crippen molar-refractivity contribution in [3.05, 3.63) is 104 Å². The van der Waals surface area contributed by atoms with E-state index >= 15 is 0 Å². The molecule has 4 aromatic rings. The molecule has 0 spiro atoms. The monoisotopic (exact) mass is 652 g/mol. The van der Waals surface area contributed by atoms with Crippen molar-refractivity contribution >= 4 is 57.9 Å². The maximum absolute atomic E-state index is 14.0. The topological polar surface area (TPSA) is 91.7 Å². The van der Waals surface area contributed by atoms with Crippen LogP contribution in [0.1, 0.15) is 27.5 Å². The number of thiazole rings is 1. The number of amides is 3. The second kappa shape index (κ2) is 11.5. The Bertz CT molecular complexity index is 1880. The van der Waals surface area contributed by atoms with Crippen molar-refractivity contribution in [2.75, 3.05) is 29.2 Å². The van der Waals surface area contributed by atoms with Crippen LogP contribution in [0.15, 0.2) is 82.6 Å². The molecule has 3 amide bonds. The van der Waals surface area contributed by atoms with E-state index in [2.05, 4.69) is 5.32 Å². The first-order chi connectivity index (χ1) is 21.3. The van der Waals surface area contributed by atoms with Crippen LogP contribution in [0.3, 0.4) is 0 Å². The fourth-order valence-corrected chi connectivity index (χ4v) is 8.51. The van der Waals surface area contributed by atoms with E-state index in [1.807, 2.05) is 56.3 Å². The standard InChI is InChI=1S/C32H27F3N4O4S2/c1-17-6-4-8-20(14-17)36-23(40)16-38-30-27(45-31(38)43)24(18-10-12-21(13-11-18)37(2)3)25-26(44-30)29(42)39(28(25)41)22-9-5-7-19(15-22)32(33,34)35/h4-15,24-26H,16H2,1-3H3,(H,36,40)/t24-,25-,26+/m0/s1. The molecule has 8 nitrogen and oxygen atoms in total. The first kappa shape index (κ1) is 30.7. The van der Waals surface area contributed by atoms with Gasteiger partial charge in [-0.25, -0.2) is 4.90 Å². The summed E-state index contributed by atoms with van der Waals surface area (Å²) in [5, 5.41) is 2.15. The number of thioether (sulfide) groups is 1. The lowest BCUT2D eigenvalue weighted by Crippen LogP contribution is -2.33. The van der Waals surface area contributed by atoms with Gasteiger partial charge >= 0.3 is 11.0 Å². The zero-order valence-corrected chi connectivity index (χ0v) is 25.9. The molecule has 3 atom stereocenters. The molecule has 1 fully saturated rings. The molecule has 1 aromatic heterocycles. The van der Waals surface area contributed by atoms with Gasteiger partial charge in [-0.05, 0) is 60.5 Å². The molecule has 2 aliphatic rings. The molecule has 0 radical (unpaired) electrons. The van der Waals surface area contributed by atoms with Gasteiger partial charge in [0.15, 0.2) is 0 Å². The Hall–Kier alpha value is -4.36. The van der Waals surface area contributed by atoms with Gasteiger partial charge in [0, 0.05) is 36.3 Å². The van der Waals surface area contributed by atoms with Gasteiger partial charge in [-0.15, -0.1) is 0 Å². The fraction of sp³-hybridized carbons (Fsp3) is 0.250. The number of rotatable bonds is 6. The Morgan fingerprint density at radius 2 is 1.67 bits per heavy atom. The Kier molecular flexibility index (Phi) is 7.86. The molecular formula is C32H27F3N4O4S2. The zero-order valence-electron chi connectivity index (χ0n) is 24.3. The highest BCUT2D eigenvalue weighted by molar-refractivity contribution is 8.00. The zero-order chi connectivity index (χ0) is 32.2. The van der Waals surface area contributed by atoms with Gasteiger partial charge in [0.2, 0.25) is 17.7 Å². The van der Waals surface area contributed by atoms with Crippen LogP contribution in [-0.2, 0) is 27.1 Å². The van der Waals surface area contributed by atoms with Gasteiger partial charge in [0.05, 0.1) is 22.2 Å². The van der Waals surface area contributed by atoms with Crippen molar-refractivity contribution in [2.45, 2.75) is 35.8 Å².